The molecular formula is C28H28N2O9. The Balaban J connectivity index is 1.71. The summed E-state index contributed by atoms with van der Waals surface area (Å²) in [7, 11) is 5.97. The maximum Gasteiger partial charge on any atom is 0.310 e. The first-order valence-corrected chi connectivity index (χ1v) is 12.2. The van der Waals surface area contributed by atoms with Crippen molar-refractivity contribution in [2.45, 2.75) is 12.0 Å². The lowest BCUT2D eigenvalue weighted by Gasteiger charge is -2.40. The Labute approximate surface area is 224 Å². The highest BCUT2D eigenvalue weighted by Gasteiger charge is 2.52. The third-order valence-electron chi connectivity index (χ3n) is 7.46. The van der Waals surface area contributed by atoms with Crippen LogP contribution in [0.25, 0.3) is 0 Å². The molecule has 11 heteroatoms. The molecule has 0 radical (unpaired) electrons. The zero-order valence-electron chi connectivity index (χ0n) is 21.8. The molecule has 11 nitrogen and oxygen atoms in total. The highest BCUT2D eigenvalue weighted by Crippen LogP contribution is 2.55. The first kappa shape index (κ1) is 26.0. The van der Waals surface area contributed by atoms with Gasteiger partial charge < -0.3 is 34.1 Å². The SMILES string of the molecule is COc1cc2c(cc1OC)[C@@H](Nc1ccc([N+](=O)[O-])cc1)[C@H]1COC(=O)[C@@H]1[C@@H]2c1cc(OC)c(O)c(OC)c1. The van der Waals surface area contributed by atoms with E-state index in [0.29, 0.717) is 22.7 Å². The number of methoxy groups -OCH3 is 4. The van der Waals surface area contributed by atoms with Gasteiger partial charge in [-0.3, -0.25) is 14.9 Å². The molecule has 2 aliphatic rings. The molecule has 0 aromatic heterocycles. The fraction of sp³-hybridized carbons (Fsp3) is 0.321. The van der Waals surface area contributed by atoms with Crippen molar-refractivity contribution in [3.8, 4) is 28.7 Å². The molecule has 0 spiro atoms. The van der Waals surface area contributed by atoms with E-state index < -0.39 is 22.8 Å². The van der Waals surface area contributed by atoms with Gasteiger partial charge in [0.1, 0.15) is 0 Å². The van der Waals surface area contributed by atoms with Gasteiger partial charge in [-0.2, -0.15) is 0 Å². The standard InChI is InChI=1S/C28H28N2O9/c1-35-20-11-17-18(12-21(20)36-2)26(29-15-5-7-16(8-6-15)30(33)34)19-13-39-28(32)25(19)24(17)14-9-22(37-3)27(31)23(10-14)38-4/h5-12,19,24-26,29,31H,13H2,1-4H3/t19-,24+,25-,26+/m0/s1. The lowest BCUT2D eigenvalue weighted by molar-refractivity contribution is -0.384. The summed E-state index contributed by atoms with van der Waals surface area (Å²) in [5.74, 6) is -0.464. The van der Waals surface area contributed by atoms with E-state index in [0.717, 1.165) is 11.1 Å². The smallest absolute Gasteiger partial charge is 0.310 e. The molecule has 4 atom stereocenters. The number of nitrogens with zero attached hydrogens (tertiary/aromatic N) is 1. The van der Waals surface area contributed by atoms with E-state index >= 15 is 0 Å². The number of hydrogen-bond acceptors (Lipinski definition) is 10. The van der Waals surface area contributed by atoms with E-state index in [1.165, 1.54) is 33.5 Å². The Morgan fingerprint density at radius 2 is 1.46 bits per heavy atom. The number of hydrogen-bond donors (Lipinski definition) is 2. The number of non-ortho nitro benzene ring substituents is 1. The highest BCUT2D eigenvalue weighted by atomic mass is 16.6. The number of carbonyl (C=O) groups is 1. The van der Waals surface area contributed by atoms with Gasteiger partial charge in [0.25, 0.3) is 5.69 Å². The minimum Gasteiger partial charge on any atom is -0.502 e. The van der Waals surface area contributed by atoms with Gasteiger partial charge in [-0.1, -0.05) is 0 Å². The normalized spacial score (nSPS) is 21.3. The summed E-state index contributed by atoms with van der Waals surface area (Å²) in [5.41, 5.74) is 2.96. The summed E-state index contributed by atoms with van der Waals surface area (Å²) in [6.07, 6.45) is 0. The van der Waals surface area contributed by atoms with Crippen molar-refractivity contribution in [2.24, 2.45) is 11.8 Å². The van der Waals surface area contributed by atoms with Gasteiger partial charge in [0.05, 0.1) is 51.9 Å². The van der Waals surface area contributed by atoms with Gasteiger partial charge in [-0.25, -0.2) is 0 Å². The number of esters is 1. The van der Waals surface area contributed by atoms with Gasteiger partial charge in [-0.05, 0) is 53.1 Å². The molecule has 1 aliphatic carbocycles. The number of nitro benzene ring substituents is 1. The average Bonchev–Trinajstić information content (AvgIpc) is 3.33. The minimum absolute atomic E-state index is 0.0245. The third-order valence-corrected chi connectivity index (χ3v) is 7.46. The molecule has 2 N–H and O–H groups in total. The van der Waals surface area contributed by atoms with E-state index in [1.807, 2.05) is 12.1 Å². The van der Waals surface area contributed by atoms with Crippen molar-refractivity contribution >= 4 is 17.3 Å². The van der Waals surface area contributed by atoms with Crippen LogP contribution in [0.4, 0.5) is 11.4 Å². The van der Waals surface area contributed by atoms with Gasteiger partial charge in [0, 0.05) is 29.7 Å². The Hall–Kier alpha value is -4.67. The lowest BCUT2D eigenvalue weighted by Crippen LogP contribution is -2.37. The number of benzene rings is 3. The number of cyclic esters (lactones) is 1. The second kappa shape index (κ2) is 10.2. The van der Waals surface area contributed by atoms with Crippen molar-refractivity contribution in [2.75, 3.05) is 40.4 Å². The minimum atomic E-state index is -0.592. The largest absolute Gasteiger partial charge is 0.502 e. The average molecular weight is 537 g/mol. The molecule has 5 rings (SSSR count). The topological polar surface area (TPSA) is 139 Å². The predicted octanol–water partition coefficient (Wildman–Crippen LogP) is 4.42. The summed E-state index contributed by atoms with van der Waals surface area (Å²) in [4.78, 5) is 24.0. The van der Waals surface area contributed by atoms with Crippen LogP contribution in [-0.2, 0) is 9.53 Å². The molecule has 1 fully saturated rings. The number of nitro groups is 1. The number of rotatable bonds is 8. The molecule has 0 saturated carbocycles. The van der Waals surface area contributed by atoms with E-state index in [1.54, 1.807) is 31.4 Å². The fourth-order valence-electron chi connectivity index (χ4n) is 5.64. The monoisotopic (exact) mass is 536 g/mol. The number of aromatic hydroxyl groups is 1. The third kappa shape index (κ3) is 4.39. The van der Waals surface area contributed by atoms with Crippen molar-refractivity contribution in [3.05, 3.63) is 75.3 Å². The molecule has 3 aromatic rings. The fourth-order valence-corrected chi connectivity index (χ4v) is 5.64. The van der Waals surface area contributed by atoms with Crippen LogP contribution in [0, 0.1) is 22.0 Å². The van der Waals surface area contributed by atoms with Gasteiger partial charge in [-0.15, -0.1) is 0 Å². The van der Waals surface area contributed by atoms with Crippen molar-refractivity contribution in [1.82, 2.24) is 0 Å². The maximum absolute atomic E-state index is 13.3. The van der Waals surface area contributed by atoms with Gasteiger partial charge in [0.2, 0.25) is 5.75 Å². The second-order valence-corrected chi connectivity index (χ2v) is 9.33. The van der Waals surface area contributed by atoms with Crippen molar-refractivity contribution in [3.63, 3.8) is 0 Å². The number of anilines is 1. The number of phenolic OH excluding ortho intramolecular Hbond substituents is 1. The van der Waals surface area contributed by atoms with Crippen LogP contribution in [-0.4, -0.2) is 51.0 Å². The first-order valence-electron chi connectivity index (χ1n) is 12.2. The summed E-state index contributed by atoms with van der Waals surface area (Å²) in [6, 6.07) is 12.8. The summed E-state index contributed by atoms with van der Waals surface area (Å²) >= 11 is 0. The molecule has 0 amide bonds. The van der Waals surface area contributed by atoms with Crippen molar-refractivity contribution < 1.29 is 38.5 Å². The quantitative estimate of drug-likeness (QED) is 0.242. The number of nitrogens with one attached hydrogen (secondary N) is 1. The maximum atomic E-state index is 13.3. The van der Waals surface area contributed by atoms with Gasteiger partial charge >= 0.3 is 5.97 Å². The van der Waals surface area contributed by atoms with Crippen LogP contribution < -0.4 is 24.3 Å². The number of phenols is 1. The lowest BCUT2D eigenvalue weighted by atomic mass is 9.65. The molecule has 204 valence electrons. The van der Waals surface area contributed by atoms with Crippen LogP contribution >= 0.6 is 0 Å². The Morgan fingerprint density at radius 1 is 0.897 bits per heavy atom. The van der Waals surface area contributed by atoms with Crippen LogP contribution in [0.1, 0.15) is 28.7 Å². The molecule has 1 saturated heterocycles. The second-order valence-electron chi connectivity index (χ2n) is 9.33. The van der Waals surface area contributed by atoms with Crippen LogP contribution in [0.5, 0.6) is 28.7 Å². The first-order chi connectivity index (χ1) is 18.8. The number of fused-ring (bicyclic) bond motifs is 2. The molecule has 1 heterocycles. The van der Waals surface area contributed by atoms with Crippen LogP contribution in [0.3, 0.4) is 0 Å². The summed E-state index contributed by atoms with van der Waals surface area (Å²) < 4.78 is 27.6. The summed E-state index contributed by atoms with van der Waals surface area (Å²) in [6.45, 7) is 0.171. The van der Waals surface area contributed by atoms with Gasteiger partial charge in [0.15, 0.2) is 23.0 Å². The summed E-state index contributed by atoms with van der Waals surface area (Å²) in [5, 5.41) is 25.1. The molecular weight excluding hydrogens is 508 g/mol. The number of carbonyl (C=O) groups excluding carboxylic acids is 1. The molecule has 3 aromatic carbocycles. The van der Waals surface area contributed by atoms with Crippen molar-refractivity contribution in [1.29, 1.82) is 0 Å². The van der Waals surface area contributed by atoms with E-state index in [9.17, 15) is 20.0 Å². The zero-order chi connectivity index (χ0) is 27.8. The van der Waals surface area contributed by atoms with E-state index in [4.69, 9.17) is 23.7 Å². The van der Waals surface area contributed by atoms with Crippen LogP contribution in [0.2, 0.25) is 0 Å². The van der Waals surface area contributed by atoms with E-state index in [2.05, 4.69) is 5.32 Å². The molecule has 0 unspecified atom stereocenters. The highest BCUT2D eigenvalue weighted by molar-refractivity contribution is 5.79. The molecule has 39 heavy (non-hydrogen) atoms. The molecule has 1 aliphatic heterocycles. The van der Waals surface area contributed by atoms with E-state index in [-0.39, 0.29) is 41.4 Å². The van der Waals surface area contributed by atoms with Crippen LogP contribution in [0.15, 0.2) is 48.5 Å². The molecule has 0 bridgehead atoms. The Kier molecular flexibility index (Phi) is 6.81. The zero-order valence-corrected chi connectivity index (χ0v) is 21.8. The Bertz CT molecular complexity index is 1400. The predicted molar refractivity (Wildman–Crippen MR) is 140 cm³/mol. The number of ether oxygens (including phenoxy) is 5. The Morgan fingerprint density at radius 3 is 2.00 bits per heavy atom.